The van der Waals surface area contributed by atoms with Crippen LogP contribution in [0.2, 0.25) is 0 Å². The third kappa shape index (κ3) is 1.28. The molecule has 0 aliphatic rings. The SMILES string of the molecule is COc1ccc2[nH]c(C(N)=O)cc2n1. The predicted octanol–water partition coefficient (Wildman–Crippen LogP) is 0.670. The maximum atomic E-state index is 10.9. The molecule has 0 saturated heterocycles. The van der Waals surface area contributed by atoms with Crippen molar-refractivity contribution in [1.29, 1.82) is 0 Å². The molecule has 5 nitrogen and oxygen atoms in total. The second kappa shape index (κ2) is 3.02. The van der Waals surface area contributed by atoms with Crippen molar-refractivity contribution in [1.82, 2.24) is 9.97 Å². The number of carbonyl (C=O) groups is 1. The number of methoxy groups -OCH3 is 1. The zero-order valence-corrected chi connectivity index (χ0v) is 7.57. The first-order valence-electron chi connectivity index (χ1n) is 4.04. The number of H-pyrrole nitrogens is 1. The Hall–Kier alpha value is -2.04. The number of aromatic amines is 1. The predicted molar refractivity (Wildman–Crippen MR) is 51.2 cm³/mol. The molecule has 0 aliphatic carbocycles. The van der Waals surface area contributed by atoms with E-state index in [0.717, 1.165) is 5.52 Å². The highest BCUT2D eigenvalue weighted by atomic mass is 16.5. The summed E-state index contributed by atoms with van der Waals surface area (Å²) >= 11 is 0. The number of hydrogen-bond donors (Lipinski definition) is 2. The summed E-state index contributed by atoms with van der Waals surface area (Å²) in [5, 5.41) is 0. The second-order valence-corrected chi connectivity index (χ2v) is 2.83. The van der Waals surface area contributed by atoms with Crippen LogP contribution in [0, 0.1) is 0 Å². The molecule has 5 heteroatoms. The molecule has 0 aliphatic heterocycles. The standard InChI is InChI=1S/C9H9N3O2/c1-14-8-3-2-5-6(12-8)4-7(11-5)9(10)13/h2-4,11H,1H3,(H2,10,13). The third-order valence-corrected chi connectivity index (χ3v) is 1.92. The number of pyridine rings is 1. The van der Waals surface area contributed by atoms with Crippen LogP contribution in [0.5, 0.6) is 5.88 Å². The van der Waals surface area contributed by atoms with E-state index in [4.69, 9.17) is 10.5 Å². The molecule has 2 heterocycles. The number of hydrogen-bond acceptors (Lipinski definition) is 3. The zero-order chi connectivity index (χ0) is 10.1. The van der Waals surface area contributed by atoms with Crippen molar-refractivity contribution >= 4 is 16.9 Å². The Morgan fingerprint density at radius 3 is 3.00 bits per heavy atom. The van der Waals surface area contributed by atoms with E-state index in [0.29, 0.717) is 17.1 Å². The maximum Gasteiger partial charge on any atom is 0.265 e. The van der Waals surface area contributed by atoms with Gasteiger partial charge in [-0.15, -0.1) is 0 Å². The lowest BCUT2D eigenvalue weighted by molar-refractivity contribution is 0.0996. The monoisotopic (exact) mass is 191 g/mol. The van der Waals surface area contributed by atoms with E-state index in [1.165, 1.54) is 7.11 Å². The fourth-order valence-corrected chi connectivity index (χ4v) is 1.24. The van der Waals surface area contributed by atoms with E-state index in [9.17, 15) is 4.79 Å². The molecular weight excluding hydrogens is 182 g/mol. The Labute approximate surface area is 79.9 Å². The molecule has 3 N–H and O–H groups in total. The lowest BCUT2D eigenvalue weighted by atomic mass is 10.3. The molecular formula is C9H9N3O2. The van der Waals surface area contributed by atoms with Crippen LogP contribution in [0.3, 0.4) is 0 Å². The molecule has 2 aromatic heterocycles. The van der Waals surface area contributed by atoms with Gasteiger partial charge < -0.3 is 15.5 Å². The summed E-state index contributed by atoms with van der Waals surface area (Å²) in [6.07, 6.45) is 0. The average molecular weight is 191 g/mol. The average Bonchev–Trinajstić information content (AvgIpc) is 2.59. The number of fused-ring (bicyclic) bond motifs is 1. The molecule has 0 fully saturated rings. The zero-order valence-electron chi connectivity index (χ0n) is 7.57. The van der Waals surface area contributed by atoms with Gasteiger partial charge in [-0.1, -0.05) is 0 Å². The number of nitrogens with one attached hydrogen (secondary N) is 1. The first kappa shape index (κ1) is 8.55. The molecule has 72 valence electrons. The number of primary amides is 1. The van der Waals surface area contributed by atoms with Crippen LogP contribution < -0.4 is 10.5 Å². The van der Waals surface area contributed by atoms with Crippen LogP contribution in [0.25, 0.3) is 11.0 Å². The molecule has 0 radical (unpaired) electrons. The van der Waals surface area contributed by atoms with Crippen molar-refractivity contribution in [2.45, 2.75) is 0 Å². The van der Waals surface area contributed by atoms with Crippen LogP contribution in [0.1, 0.15) is 10.5 Å². The Bertz CT molecular complexity index is 490. The minimum atomic E-state index is -0.498. The van der Waals surface area contributed by atoms with Crippen molar-refractivity contribution in [3.63, 3.8) is 0 Å². The van der Waals surface area contributed by atoms with Crippen LogP contribution >= 0.6 is 0 Å². The molecule has 14 heavy (non-hydrogen) atoms. The molecule has 0 bridgehead atoms. The van der Waals surface area contributed by atoms with E-state index in [1.54, 1.807) is 18.2 Å². The topological polar surface area (TPSA) is 81.0 Å². The molecule has 0 spiro atoms. The van der Waals surface area contributed by atoms with Crippen LogP contribution in [-0.4, -0.2) is 23.0 Å². The Morgan fingerprint density at radius 1 is 1.57 bits per heavy atom. The van der Waals surface area contributed by atoms with Crippen LogP contribution in [-0.2, 0) is 0 Å². The summed E-state index contributed by atoms with van der Waals surface area (Å²) in [5.41, 5.74) is 6.90. The Kier molecular flexibility index (Phi) is 1.85. The fraction of sp³-hybridized carbons (Fsp3) is 0.111. The largest absolute Gasteiger partial charge is 0.481 e. The van der Waals surface area contributed by atoms with Gasteiger partial charge in [-0.3, -0.25) is 4.79 Å². The summed E-state index contributed by atoms with van der Waals surface area (Å²) in [4.78, 5) is 17.8. The number of nitrogens with zero attached hydrogens (tertiary/aromatic N) is 1. The van der Waals surface area contributed by atoms with Crippen molar-refractivity contribution in [2.24, 2.45) is 5.73 Å². The lowest BCUT2D eigenvalue weighted by Gasteiger charge is -1.96. The maximum absolute atomic E-state index is 10.9. The molecule has 0 saturated carbocycles. The number of amides is 1. The molecule has 2 rings (SSSR count). The van der Waals surface area contributed by atoms with E-state index >= 15 is 0 Å². The summed E-state index contributed by atoms with van der Waals surface area (Å²) in [6.45, 7) is 0. The van der Waals surface area contributed by atoms with Gasteiger partial charge in [-0.25, -0.2) is 4.98 Å². The number of carbonyl (C=O) groups excluding carboxylic acids is 1. The molecule has 1 amide bonds. The summed E-state index contributed by atoms with van der Waals surface area (Å²) in [7, 11) is 1.54. The van der Waals surface area contributed by atoms with E-state index in [2.05, 4.69) is 9.97 Å². The number of nitrogens with two attached hydrogens (primary N) is 1. The first-order valence-corrected chi connectivity index (χ1v) is 4.04. The highest BCUT2D eigenvalue weighted by Gasteiger charge is 2.06. The lowest BCUT2D eigenvalue weighted by Crippen LogP contribution is -2.10. The number of rotatable bonds is 2. The summed E-state index contributed by atoms with van der Waals surface area (Å²) in [5.74, 6) is 0.00878. The van der Waals surface area contributed by atoms with Gasteiger partial charge in [0.25, 0.3) is 5.91 Å². The summed E-state index contributed by atoms with van der Waals surface area (Å²) in [6, 6.07) is 5.09. The van der Waals surface area contributed by atoms with Gasteiger partial charge in [0.15, 0.2) is 0 Å². The van der Waals surface area contributed by atoms with E-state index < -0.39 is 5.91 Å². The number of aromatic nitrogens is 2. The van der Waals surface area contributed by atoms with E-state index in [1.807, 2.05) is 0 Å². The van der Waals surface area contributed by atoms with Gasteiger partial charge in [0, 0.05) is 6.07 Å². The van der Waals surface area contributed by atoms with Gasteiger partial charge in [-0.05, 0) is 12.1 Å². The van der Waals surface area contributed by atoms with Gasteiger partial charge in [0.05, 0.1) is 18.1 Å². The van der Waals surface area contributed by atoms with Crippen molar-refractivity contribution in [3.05, 3.63) is 23.9 Å². The van der Waals surface area contributed by atoms with Gasteiger partial charge in [-0.2, -0.15) is 0 Å². The van der Waals surface area contributed by atoms with Crippen molar-refractivity contribution in [3.8, 4) is 5.88 Å². The van der Waals surface area contributed by atoms with Gasteiger partial charge in [0.1, 0.15) is 5.69 Å². The fourth-order valence-electron chi connectivity index (χ4n) is 1.24. The van der Waals surface area contributed by atoms with Crippen LogP contribution in [0.15, 0.2) is 18.2 Å². The highest BCUT2D eigenvalue weighted by molar-refractivity contribution is 5.96. The minimum absolute atomic E-state index is 0.348. The molecule has 0 aromatic carbocycles. The Morgan fingerprint density at radius 2 is 2.36 bits per heavy atom. The van der Waals surface area contributed by atoms with Crippen molar-refractivity contribution in [2.75, 3.05) is 7.11 Å². The van der Waals surface area contributed by atoms with Gasteiger partial charge >= 0.3 is 0 Å². The van der Waals surface area contributed by atoms with E-state index in [-0.39, 0.29) is 0 Å². The molecule has 0 atom stereocenters. The van der Waals surface area contributed by atoms with Gasteiger partial charge in [0.2, 0.25) is 5.88 Å². The third-order valence-electron chi connectivity index (χ3n) is 1.92. The molecule has 2 aromatic rings. The summed E-state index contributed by atoms with van der Waals surface area (Å²) < 4.78 is 4.95. The Balaban J connectivity index is 2.60. The molecule has 0 unspecified atom stereocenters. The quantitative estimate of drug-likeness (QED) is 0.732. The normalized spacial score (nSPS) is 10.4. The first-order chi connectivity index (χ1) is 6.70. The smallest absolute Gasteiger partial charge is 0.265 e. The van der Waals surface area contributed by atoms with Crippen molar-refractivity contribution < 1.29 is 9.53 Å². The number of ether oxygens (including phenoxy) is 1. The minimum Gasteiger partial charge on any atom is -0.481 e. The van der Waals surface area contributed by atoms with Crippen LogP contribution in [0.4, 0.5) is 0 Å². The second-order valence-electron chi connectivity index (χ2n) is 2.83. The highest BCUT2D eigenvalue weighted by Crippen LogP contribution is 2.16.